The van der Waals surface area contributed by atoms with Gasteiger partial charge in [-0.2, -0.15) is 0 Å². The summed E-state index contributed by atoms with van der Waals surface area (Å²) in [5.41, 5.74) is 0.621. The zero-order valence-electron chi connectivity index (χ0n) is 19.3. The molecular formula is C26H46O2. The molecule has 2 aliphatic rings. The van der Waals surface area contributed by atoms with E-state index in [1.54, 1.807) is 0 Å². The zero-order chi connectivity index (χ0) is 20.6. The predicted octanol–water partition coefficient (Wildman–Crippen LogP) is 7.57. The van der Waals surface area contributed by atoms with Crippen LogP contribution in [0.1, 0.15) is 112 Å². The molecule has 1 aliphatic carbocycles. The molecule has 0 saturated carbocycles. The number of rotatable bonds is 12. The summed E-state index contributed by atoms with van der Waals surface area (Å²) in [6.07, 6.45) is 19.4. The highest BCUT2D eigenvalue weighted by molar-refractivity contribution is 5.31. The van der Waals surface area contributed by atoms with Crippen molar-refractivity contribution in [3.05, 3.63) is 23.5 Å². The Bertz CT molecular complexity index is 515. The normalized spacial score (nSPS) is 26.9. The number of hydrogen-bond acceptors (Lipinski definition) is 2. The second kappa shape index (κ2) is 11.4. The first-order valence-corrected chi connectivity index (χ1v) is 12.1. The SMILES string of the molecule is CC(C)CCCC(C)CCCC(C)CCCC1CCC2=C(C=CC(C)(O)C2)O1. The molecule has 0 radical (unpaired) electrons. The smallest absolute Gasteiger partial charge is 0.118 e. The fraction of sp³-hybridized carbons (Fsp3) is 0.846. The van der Waals surface area contributed by atoms with Gasteiger partial charge in [0.05, 0.1) is 11.7 Å². The summed E-state index contributed by atoms with van der Waals surface area (Å²) >= 11 is 0. The highest BCUT2D eigenvalue weighted by Crippen LogP contribution is 2.36. The van der Waals surface area contributed by atoms with E-state index in [0.717, 1.165) is 42.8 Å². The molecule has 2 rings (SSSR count). The maximum absolute atomic E-state index is 10.2. The van der Waals surface area contributed by atoms with Crippen molar-refractivity contribution in [2.24, 2.45) is 17.8 Å². The Morgan fingerprint density at radius 3 is 2.25 bits per heavy atom. The van der Waals surface area contributed by atoms with Crippen LogP contribution in [0.2, 0.25) is 0 Å². The van der Waals surface area contributed by atoms with Crippen molar-refractivity contribution in [3.63, 3.8) is 0 Å². The third-order valence-corrected chi connectivity index (χ3v) is 6.67. The molecule has 0 aromatic carbocycles. The van der Waals surface area contributed by atoms with Crippen LogP contribution < -0.4 is 0 Å². The van der Waals surface area contributed by atoms with Gasteiger partial charge in [0, 0.05) is 6.42 Å². The van der Waals surface area contributed by atoms with Crippen molar-refractivity contribution in [1.29, 1.82) is 0 Å². The fourth-order valence-corrected chi connectivity index (χ4v) is 4.73. The number of ether oxygens (including phenoxy) is 1. The molecule has 1 N–H and O–H groups in total. The molecule has 1 heterocycles. The Labute approximate surface area is 174 Å². The highest BCUT2D eigenvalue weighted by Gasteiger charge is 2.29. The molecule has 0 saturated heterocycles. The molecule has 0 aromatic heterocycles. The number of aliphatic hydroxyl groups is 1. The number of hydrogen-bond donors (Lipinski definition) is 1. The molecule has 2 nitrogen and oxygen atoms in total. The van der Waals surface area contributed by atoms with Crippen molar-refractivity contribution >= 4 is 0 Å². The molecule has 0 bridgehead atoms. The van der Waals surface area contributed by atoms with Gasteiger partial charge in [0.15, 0.2) is 0 Å². The third-order valence-electron chi connectivity index (χ3n) is 6.67. The van der Waals surface area contributed by atoms with Crippen molar-refractivity contribution in [3.8, 4) is 0 Å². The third kappa shape index (κ3) is 8.72. The van der Waals surface area contributed by atoms with E-state index in [1.807, 2.05) is 19.1 Å². The van der Waals surface area contributed by atoms with Crippen LogP contribution in [0.25, 0.3) is 0 Å². The van der Waals surface area contributed by atoms with E-state index in [4.69, 9.17) is 4.74 Å². The molecule has 2 heteroatoms. The van der Waals surface area contributed by atoms with Gasteiger partial charge in [-0.3, -0.25) is 0 Å². The Morgan fingerprint density at radius 2 is 1.61 bits per heavy atom. The lowest BCUT2D eigenvalue weighted by Gasteiger charge is -2.33. The molecule has 28 heavy (non-hydrogen) atoms. The fourth-order valence-electron chi connectivity index (χ4n) is 4.73. The molecule has 0 aromatic rings. The Hall–Kier alpha value is -0.760. The van der Waals surface area contributed by atoms with Crippen LogP contribution in [0.5, 0.6) is 0 Å². The van der Waals surface area contributed by atoms with Crippen molar-refractivity contribution in [2.45, 2.75) is 123 Å². The predicted molar refractivity (Wildman–Crippen MR) is 120 cm³/mol. The first kappa shape index (κ1) is 23.5. The average molecular weight is 391 g/mol. The first-order chi connectivity index (χ1) is 13.2. The lowest BCUT2D eigenvalue weighted by Crippen LogP contribution is -2.28. The van der Waals surface area contributed by atoms with E-state index in [0.29, 0.717) is 6.10 Å². The van der Waals surface area contributed by atoms with E-state index >= 15 is 0 Å². The second-order valence-corrected chi connectivity index (χ2v) is 10.5. The molecule has 0 spiro atoms. The van der Waals surface area contributed by atoms with Gasteiger partial charge in [0.1, 0.15) is 5.76 Å². The summed E-state index contributed by atoms with van der Waals surface area (Å²) in [4.78, 5) is 0. The minimum Gasteiger partial charge on any atom is -0.490 e. The van der Waals surface area contributed by atoms with Gasteiger partial charge in [-0.05, 0) is 68.1 Å². The lowest BCUT2D eigenvalue weighted by atomic mass is 9.85. The van der Waals surface area contributed by atoms with E-state index in [9.17, 15) is 5.11 Å². The Kier molecular flexibility index (Phi) is 9.60. The average Bonchev–Trinajstić information content (AvgIpc) is 2.61. The van der Waals surface area contributed by atoms with Crippen LogP contribution in [0.3, 0.4) is 0 Å². The summed E-state index contributed by atoms with van der Waals surface area (Å²) in [7, 11) is 0. The molecule has 4 unspecified atom stereocenters. The highest BCUT2D eigenvalue weighted by atomic mass is 16.5. The minimum atomic E-state index is -0.684. The molecule has 4 atom stereocenters. The molecule has 1 aliphatic heterocycles. The van der Waals surface area contributed by atoms with Gasteiger partial charge in [-0.1, -0.05) is 72.6 Å². The molecule has 0 fully saturated rings. The van der Waals surface area contributed by atoms with E-state index in [2.05, 4.69) is 27.7 Å². The molecule has 162 valence electrons. The van der Waals surface area contributed by atoms with Crippen LogP contribution in [0.4, 0.5) is 0 Å². The van der Waals surface area contributed by atoms with E-state index in [1.165, 1.54) is 63.4 Å². The summed E-state index contributed by atoms with van der Waals surface area (Å²) in [6.45, 7) is 11.4. The quantitative estimate of drug-likeness (QED) is 0.372. The van der Waals surface area contributed by atoms with Gasteiger partial charge in [-0.15, -0.1) is 0 Å². The summed E-state index contributed by atoms with van der Waals surface area (Å²) in [5.74, 6) is 3.63. The van der Waals surface area contributed by atoms with Crippen LogP contribution in [-0.4, -0.2) is 16.8 Å². The zero-order valence-corrected chi connectivity index (χ0v) is 19.3. The van der Waals surface area contributed by atoms with E-state index < -0.39 is 5.60 Å². The maximum Gasteiger partial charge on any atom is 0.118 e. The van der Waals surface area contributed by atoms with Crippen LogP contribution >= 0.6 is 0 Å². The lowest BCUT2D eigenvalue weighted by molar-refractivity contribution is 0.0652. The van der Waals surface area contributed by atoms with Crippen LogP contribution in [0, 0.1) is 17.8 Å². The van der Waals surface area contributed by atoms with Crippen LogP contribution in [-0.2, 0) is 4.74 Å². The molecule has 0 amide bonds. The Morgan fingerprint density at radius 1 is 1.00 bits per heavy atom. The minimum absolute atomic E-state index is 0.375. The van der Waals surface area contributed by atoms with Crippen molar-refractivity contribution < 1.29 is 9.84 Å². The maximum atomic E-state index is 10.2. The van der Waals surface area contributed by atoms with Gasteiger partial charge in [-0.25, -0.2) is 0 Å². The van der Waals surface area contributed by atoms with Gasteiger partial charge >= 0.3 is 0 Å². The largest absolute Gasteiger partial charge is 0.490 e. The van der Waals surface area contributed by atoms with Crippen molar-refractivity contribution in [2.75, 3.05) is 0 Å². The topological polar surface area (TPSA) is 29.5 Å². The second-order valence-electron chi connectivity index (χ2n) is 10.5. The van der Waals surface area contributed by atoms with Gasteiger partial charge in [0.25, 0.3) is 0 Å². The van der Waals surface area contributed by atoms with Crippen molar-refractivity contribution in [1.82, 2.24) is 0 Å². The summed E-state index contributed by atoms with van der Waals surface area (Å²) in [6, 6.07) is 0. The number of allylic oxidation sites excluding steroid dienone is 1. The summed E-state index contributed by atoms with van der Waals surface area (Å²) in [5, 5.41) is 10.2. The standard InChI is InChI=1S/C26H46O2/c1-20(2)9-6-10-21(3)11-7-12-22(4)13-8-14-24-16-15-23-19-26(5,27)18-17-25(23)28-24/h17-18,20-22,24,27H,6-16,19H2,1-5H3. The first-order valence-electron chi connectivity index (χ1n) is 12.1. The molecular weight excluding hydrogens is 344 g/mol. The summed E-state index contributed by atoms with van der Waals surface area (Å²) < 4.78 is 6.21. The van der Waals surface area contributed by atoms with Gasteiger partial charge in [0.2, 0.25) is 0 Å². The van der Waals surface area contributed by atoms with Gasteiger partial charge < -0.3 is 9.84 Å². The Balaban J connectivity index is 1.54. The van der Waals surface area contributed by atoms with Crippen LogP contribution in [0.15, 0.2) is 23.5 Å². The van der Waals surface area contributed by atoms with E-state index in [-0.39, 0.29) is 0 Å². The monoisotopic (exact) mass is 390 g/mol.